The lowest BCUT2D eigenvalue weighted by Gasteiger charge is -2.43. The van der Waals surface area contributed by atoms with Crippen LogP contribution in [0.15, 0.2) is 14.1 Å². The van der Waals surface area contributed by atoms with Crippen molar-refractivity contribution < 1.29 is 8.42 Å². The molecule has 0 bridgehead atoms. The highest BCUT2D eigenvalue weighted by Crippen LogP contribution is 2.45. The lowest BCUT2D eigenvalue weighted by atomic mass is 9.68. The molecular formula is C15H22BrNO2S2. The molecular weight excluding hydrogens is 370 g/mol. The molecule has 2 heterocycles. The SMILES string of the molecule is Cc1cc(S(=O)(=O)N2CCC3(CCCCC3)CC2)sc1Br. The molecule has 3 rings (SSSR count). The van der Waals surface area contributed by atoms with Crippen LogP contribution in [0.5, 0.6) is 0 Å². The predicted molar refractivity (Wildman–Crippen MR) is 90.3 cm³/mol. The third-order valence-corrected chi connectivity index (χ3v) is 9.61. The second-order valence-corrected chi connectivity index (χ2v) is 11.0. The molecule has 1 spiro atoms. The van der Waals surface area contributed by atoms with Crippen molar-refractivity contribution in [1.29, 1.82) is 0 Å². The van der Waals surface area contributed by atoms with E-state index >= 15 is 0 Å². The van der Waals surface area contributed by atoms with E-state index in [1.165, 1.54) is 43.4 Å². The zero-order chi connectivity index (χ0) is 15.1. The number of sulfonamides is 1. The summed E-state index contributed by atoms with van der Waals surface area (Å²) in [5.41, 5.74) is 1.44. The molecule has 3 nitrogen and oxygen atoms in total. The second-order valence-electron chi connectivity index (χ2n) is 6.49. The summed E-state index contributed by atoms with van der Waals surface area (Å²) in [5.74, 6) is 0. The van der Waals surface area contributed by atoms with Crippen molar-refractivity contribution in [2.45, 2.75) is 56.1 Å². The molecule has 1 aliphatic heterocycles. The van der Waals surface area contributed by atoms with Gasteiger partial charge in [0.25, 0.3) is 10.0 Å². The Morgan fingerprint density at radius 2 is 1.76 bits per heavy atom. The third kappa shape index (κ3) is 3.09. The van der Waals surface area contributed by atoms with Gasteiger partial charge in [-0.2, -0.15) is 4.31 Å². The molecule has 1 saturated carbocycles. The summed E-state index contributed by atoms with van der Waals surface area (Å²) < 4.78 is 28.6. The minimum Gasteiger partial charge on any atom is -0.206 e. The molecule has 0 unspecified atom stereocenters. The van der Waals surface area contributed by atoms with Crippen molar-refractivity contribution in [2.75, 3.05) is 13.1 Å². The third-order valence-electron chi connectivity index (χ3n) is 5.13. The highest BCUT2D eigenvalue weighted by molar-refractivity contribution is 9.11. The topological polar surface area (TPSA) is 37.4 Å². The Hall–Kier alpha value is 0.0900. The van der Waals surface area contributed by atoms with Crippen molar-refractivity contribution >= 4 is 37.3 Å². The summed E-state index contributed by atoms with van der Waals surface area (Å²) in [5, 5.41) is 0. The maximum absolute atomic E-state index is 12.7. The Morgan fingerprint density at radius 3 is 2.29 bits per heavy atom. The van der Waals surface area contributed by atoms with Gasteiger partial charge in [-0.1, -0.05) is 19.3 Å². The van der Waals surface area contributed by atoms with Gasteiger partial charge in [0.1, 0.15) is 4.21 Å². The molecule has 0 atom stereocenters. The summed E-state index contributed by atoms with van der Waals surface area (Å²) in [4.78, 5) is 0. The van der Waals surface area contributed by atoms with Gasteiger partial charge in [-0.3, -0.25) is 0 Å². The minimum absolute atomic E-state index is 0.441. The average molecular weight is 392 g/mol. The first-order chi connectivity index (χ1) is 9.93. The molecule has 2 fully saturated rings. The molecule has 1 saturated heterocycles. The number of piperidine rings is 1. The van der Waals surface area contributed by atoms with Crippen LogP contribution in [0.4, 0.5) is 0 Å². The monoisotopic (exact) mass is 391 g/mol. The molecule has 0 aromatic carbocycles. The highest BCUT2D eigenvalue weighted by Gasteiger charge is 2.39. The van der Waals surface area contributed by atoms with Gasteiger partial charge < -0.3 is 0 Å². The first-order valence-corrected chi connectivity index (χ1v) is 10.7. The van der Waals surface area contributed by atoms with Gasteiger partial charge in [0.15, 0.2) is 0 Å². The van der Waals surface area contributed by atoms with E-state index in [-0.39, 0.29) is 0 Å². The number of thiophene rings is 1. The molecule has 0 amide bonds. The maximum atomic E-state index is 12.7. The predicted octanol–water partition coefficient (Wildman–Crippen LogP) is 4.55. The maximum Gasteiger partial charge on any atom is 0.252 e. The number of hydrogen-bond donors (Lipinski definition) is 0. The van der Waals surface area contributed by atoms with Crippen molar-refractivity contribution in [1.82, 2.24) is 4.31 Å². The number of nitrogens with zero attached hydrogens (tertiary/aromatic N) is 1. The van der Waals surface area contributed by atoms with Crippen LogP contribution in [0, 0.1) is 12.3 Å². The largest absolute Gasteiger partial charge is 0.252 e. The zero-order valence-electron chi connectivity index (χ0n) is 12.4. The molecule has 1 aliphatic carbocycles. The van der Waals surface area contributed by atoms with E-state index in [1.54, 1.807) is 10.4 Å². The standard InChI is InChI=1S/C15H22BrNO2S2/c1-12-11-13(20-14(12)16)21(18,19)17-9-7-15(8-10-17)5-3-2-4-6-15/h11H,2-10H2,1H3. The number of aryl methyl sites for hydroxylation is 1. The van der Waals surface area contributed by atoms with Crippen LogP contribution in [0.2, 0.25) is 0 Å². The van der Waals surface area contributed by atoms with E-state index in [1.807, 2.05) is 6.92 Å². The van der Waals surface area contributed by atoms with Crippen LogP contribution >= 0.6 is 27.3 Å². The van der Waals surface area contributed by atoms with Crippen LogP contribution in [-0.2, 0) is 10.0 Å². The average Bonchev–Trinajstić information content (AvgIpc) is 2.81. The Kier molecular flexibility index (Phi) is 4.52. The summed E-state index contributed by atoms with van der Waals surface area (Å²) in [6.45, 7) is 3.32. The Labute approximate surface area is 139 Å². The highest BCUT2D eigenvalue weighted by atomic mass is 79.9. The van der Waals surface area contributed by atoms with E-state index in [4.69, 9.17) is 0 Å². The number of rotatable bonds is 2. The first-order valence-electron chi connectivity index (χ1n) is 7.69. The van der Waals surface area contributed by atoms with Gasteiger partial charge in [-0.15, -0.1) is 11.3 Å². The Bertz CT molecular complexity index is 588. The number of halogens is 1. The fraction of sp³-hybridized carbons (Fsp3) is 0.733. The summed E-state index contributed by atoms with van der Waals surface area (Å²) in [6, 6.07) is 1.79. The van der Waals surface area contributed by atoms with Gasteiger partial charge in [0.2, 0.25) is 0 Å². The smallest absolute Gasteiger partial charge is 0.206 e. The Morgan fingerprint density at radius 1 is 1.14 bits per heavy atom. The summed E-state index contributed by atoms with van der Waals surface area (Å²) in [7, 11) is -3.30. The fourth-order valence-corrected chi connectivity index (χ4v) is 7.51. The van der Waals surface area contributed by atoms with E-state index in [0.717, 1.165) is 22.2 Å². The first kappa shape index (κ1) is 16.0. The van der Waals surface area contributed by atoms with Crippen molar-refractivity contribution in [3.05, 3.63) is 15.4 Å². The van der Waals surface area contributed by atoms with Gasteiger partial charge in [-0.05, 0) is 65.6 Å². The number of hydrogen-bond acceptors (Lipinski definition) is 3. The molecule has 6 heteroatoms. The van der Waals surface area contributed by atoms with E-state index in [0.29, 0.717) is 22.7 Å². The van der Waals surface area contributed by atoms with Gasteiger partial charge in [-0.25, -0.2) is 8.42 Å². The van der Waals surface area contributed by atoms with Crippen molar-refractivity contribution in [2.24, 2.45) is 5.41 Å². The van der Waals surface area contributed by atoms with Crippen LogP contribution in [0.25, 0.3) is 0 Å². The summed E-state index contributed by atoms with van der Waals surface area (Å²) in [6.07, 6.45) is 8.67. The molecule has 2 aliphatic rings. The van der Waals surface area contributed by atoms with E-state index in [9.17, 15) is 8.42 Å². The molecule has 1 aromatic heterocycles. The molecule has 1 aromatic rings. The van der Waals surface area contributed by atoms with Crippen molar-refractivity contribution in [3.63, 3.8) is 0 Å². The summed E-state index contributed by atoms with van der Waals surface area (Å²) >= 11 is 4.75. The quantitative estimate of drug-likeness (QED) is 0.740. The van der Waals surface area contributed by atoms with Crippen LogP contribution < -0.4 is 0 Å². The minimum atomic E-state index is -3.30. The van der Waals surface area contributed by atoms with Gasteiger partial charge in [0.05, 0.1) is 3.79 Å². The van der Waals surface area contributed by atoms with Gasteiger partial charge in [0, 0.05) is 13.1 Å². The van der Waals surface area contributed by atoms with Crippen molar-refractivity contribution in [3.8, 4) is 0 Å². The second kappa shape index (κ2) is 5.95. The molecule has 21 heavy (non-hydrogen) atoms. The lowest BCUT2D eigenvalue weighted by Crippen LogP contribution is -2.43. The zero-order valence-corrected chi connectivity index (χ0v) is 15.6. The molecule has 0 N–H and O–H groups in total. The van der Waals surface area contributed by atoms with Crippen LogP contribution in [0.1, 0.15) is 50.5 Å². The van der Waals surface area contributed by atoms with Crippen LogP contribution in [-0.4, -0.2) is 25.8 Å². The lowest BCUT2D eigenvalue weighted by molar-refractivity contribution is 0.102. The van der Waals surface area contributed by atoms with Crippen LogP contribution in [0.3, 0.4) is 0 Å². The van der Waals surface area contributed by atoms with E-state index < -0.39 is 10.0 Å². The molecule has 0 radical (unpaired) electrons. The fourth-order valence-electron chi connectivity index (χ4n) is 3.69. The van der Waals surface area contributed by atoms with Gasteiger partial charge >= 0.3 is 0 Å². The normalized spacial score (nSPS) is 23.5. The molecule has 118 valence electrons. The van der Waals surface area contributed by atoms with E-state index in [2.05, 4.69) is 15.9 Å². The Balaban J connectivity index is 1.73.